The second-order valence-corrected chi connectivity index (χ2v) is 5.99. The molecule has 0 bridgehead atoms. The second kappa shape index (κ2) is 6.42. The Balaban J connectivity index is 2.08. The summed E-state index contributed by atoms with van der Waals surface area (Å²) in [4.78, 5) is 15.7. The van der Waals surface area contributed by atoms with Crippen LogP contribution < -0.4 is 0 Å². The topological polar surface area (TPSA) is 74.0 Å². The van der Waals surface area contributed by atoms with Crippen molar-refractivity contribution in [2.75, 3.05) is 0 Å². The molecular formula is C18H12N2O2S. The van der Waals surface area contributed by atoms with Gasteiger partial charge in [-0.15, -0.1) is 11.3 Å². The zero-order valence-electron chi connectivity index (χ0n) is 12.1. The Kier molecular flexibility index (Phi) is 4.18. The standard InChI is InChI=1S/C18H12N2O2S/c19-11-13-5-3-4-12(8-13)9-14(10-17(21)22)18-20-15-6-1-2-7-16(15)23-18/h1-9H,10H2,(H,21,22)/b14-9-. The number of hydrogen-bond donors (Lipinski definition) is 1. The lowest BCUT2D eigenvalue weighted by molar-refractivity contribution is -0.135. The average Bonchev–Trinajstić information content (AvgIpc) is 2.98. The number of rotatable bonds is 4. The molecule has 0 aliphatic rings. The second-order valence-electron chi connectivity index (χ2n) is 4.96. The van der Waals surface area contributed by atoms with Crippen LogP contribution in [0.1, 0.15) is 22.6 Å². The van der Waals surface area contributed by atoms with Crippen LogP contribution in [0.3, 0.4) is 0 Å². The largest absolute Gasteiger partial charge is 0.481 e. The number of carboxylic acid groups (broad SMARTS) is 1. The molecule has 0 aliphatic carbocycles. The van der Waals surface area contributed by atoms with Gasteiger partial charge >= 0.3 is 5.97 Å². The number of benzene rings is 2. The normalized spacial score (nSPS) is 11.3. The van der Waals surface area contributed by atoms with Gasteiger partial charge in [-0.05, 0) is 41.5 Å². The Bertz CT molecular complexity index is 918. The van der Waals surface area contributed by atoms with Gasteiger partial charge < -0.3 is 5.11 Å². The van der Waals surface area contributed by atoms with Crippen molar-refractivity contribution in [1.82, 2.24) is 4.98 Å². The first kappa shape index (κ1) is 14.9. The van der Waals surface area contributed by atoms with Gasteiger partial charge in [-0.2, -0.15) is 5.26 Å². The summed E-state index contributed by atoms with van der Waals surface area (Å²) >= 11 is 1.47. The van der Waals surface area contributed by atoms with Gasteiger partial charge in [0.15, 0.2) is 0 Å². The molecule has 0 unspecified atom stereocenters. The summed E-state index contributed by atoms with van der Waals surface area (Å²) in [6, 6.07) is 16.9. The van der Waals surface area contributed by atoms with Crippen molar-refractivity contribution >= 4 is 39.2 Å². The van der Waals surface area contributed by atoms with E-state index in [1.807, 2.05) is 30.3 Å². The summed E-state index contributed by atoms with van der Waals surface area (Å²) in [5, 5.41) is 18.9. The zero-order chi connectivity index (χ0) is 16.2. The van der Waals surface area contributed by atoms with Gasteiger partial charge in [-0.3, -0.25) is 4.79 Å². The summed E-state index contributed by atoms with van der Waals surface area (Å²) < 4.78 is 1.02. The van der Waals surface area contributed by atoms with E-state index >= 15 is 0 Å². The van der Waals surface area contributed by atoms with E-state index in [-0.39, 0.29) is 6.42 Å². The number of fused-ring (bicyclic) bond motifs is 1. The molecule has 0 amide bonds. The van der Waals surface area contributed by atoms with Crippen molar-refractivity contribution in [3.05, 3.63) is 64.7 Å². The van der Waals surface area contributed by atoms with E-state index < -0.39 is 5.97 Å². The molecule has 23 heavy (non-hydrogen) atoms. The third-order valence-corrected chi connectivity index (χ3v) is 4.38. The number of thiazole rings is 1. The lowest BCUT2D eigenvalue weighted by Gasteiger charge is -2.02. The maximum Gasteiger partial charge on any atom is 0.307 e. The summed E-state index contributed by atoms with van der Waals surface area (Å²) in [5.74, 6) is -0.910. The predicted octanol–water partition coefficient (Wildman–Crippen LogP) is 4.18. The van der Waals surface area contributed by atoms with E-state index in [2.05, 4.69) is 11.1 Å². The Morgan fingerprint density at radius 3 is 2.83 bits per heavy atom. The first-order chi connectivity index (χ1) is 11.2. The fourth-order valence-corrected chi connectivity index (χ4v) is 3.24. The lowest BCUT2D eigenvalue weighted by Crippen LogP contribution is -1.97. The van der Waals surface area contributed by atoms with Gasteiger partial charge in [0.05, 0.1) is 28.3 Å². The SMILES string of the molecule is N#Cc1cccc(/C=C(/CC(=O)O)c2nc3ccccc3s2)c1. The molecule has 0 aliphatic heterocycles. The molecule has 2 aromatic carbocycles. The number of nitriles is 1. The number of hydrogen-bond acceptors (Lipinski definition) is 4. The van der Waals surface area contributed by atoms with Crippen LogP contribution in [0.15, 0.2) is 48.5 Å². The van der Waals surface area contributed by atoms with Crippen LogP contribution >= 0.6 is 11.3 Å². The highest BCUT2D eigenvalue weighted by atomic mass is 32.1. The number of nitrogens with zero attached hydrogens (tertiary/aromatic N) is 2. The Labute approximate surface area is 137 Å². The maximum absolute atomic E-state index is 11.2. The minimum absolute atomic E-state index is 0.114. The number of para-hydroxylation sites is 1. The van der Waals surface area contributed by atoms with Crippen LogP contribution in [0.2, 0.25) is 0 Å². The summed E-state index contributed by atoms with van der Waals surface area (Å²) in [5.41, 5.74) is 2.82. The van der Waals surface area contributed by atoms with E-state index in [1.165, 1.54) is 11.3 Å². The van der Waals surface area contributed by atoms with Crippen molar-refractivity contribution in [1.29, 1.82) is 5.26 Å². The molecule has 0 saturated carbocycles. The minimum Gasteiger partial charge on any atom is -0.481 e. The highest BCUT2D eigenvalue weighted by molar-refractivity contribution is 7.19. The molecule has 112 valence electrons. The van der Waals surface area contributed by atoms with E-state index in [1.54, 1.807) is 24.3 Å². The predicted molar refractivity (Wildman–Crippen MR) is 90.9 cm³/mol. The molecule has 0 saturated heterocycles. The van der Waals surface area contributed by atoms with Crippen molar-refractivity contribution < 1.29 is 9.90 Å². The van der Waals surface area contributed by atoms with Crippen LogP contribution in [-0.4, -0.2) is 16.1 Å². The van der Waals surface area contributed by atoms with Gasteiger partial charge in [0.2, 0.25) is 0 Å². The van der Waals surface area contributed by atoms with E-state index in [9.17, 15) is 9.90 Å². The molecule has 5 heteroatoms. The molecule has 0 fully saturated rings. The van der Waals surface area contributed by atoms with Crippen LogP contribution in [0.5, 0.6) is 0 Å². The smallest absolute Gasteiger partial charge is 0.307 e. The molecule has 1 aromatic heterocycles. The van der Waals surface area contributed by atoms with Gasteiger partial charge in [-0.1, -0.05) is 24.3 Å². The Morgan fingerprint density at radius 1 is 1.26 bits per heavy atom. The molecule has 0 atom stereocenters. The quantitative estimate of drug-likeness (QED) is 0.782. The van der Waals surface area contributed by atoms with Crippen LogP contribution in [0.25, 0.3) is 21.9 Å². The van der Waals surface area contributed by atoms with Gasteiger partial charge in [0, 0.05) is 0 Å². The first-order valence-corrected chi connectivity index (χ1v) is 7.76. The molecule has 3 aromatic rings. The van der Waals surface area contributed by atoms with Crippen molar-refractivity contribution in [2.45, 2.75) is 6.42 Å². The van der Waals surface area contributed by atoms with Gasteiger partial charge in [0.1, 0.15) is 5.01 Å². The first-order valence-electron chi connectivity index (χ1n) is 6.94. The third kappa shape index (κ3) is 3.44. The summed E-state index contributed by atoms with van der Waals surface area (Å²) in [7, 11) is 0. The molecule has 1 N–H and O–H groups in total. The third-order valence-electron chi connectivity index (χ3n) is 3.27. The van der Waals surface area contributed by atoms with Gasteiger partial charge in [-0.25, -0.2) is 4.98 Å². The lowest BCUT2D eigenvalue weighted by atomic mass is 10.1. The number of carbonyl (C=O) groups is 1. The molecule has 0 spiro atoms. The molecule has 1 heterocycles. The van der Waals surface area contributed by atoms with E-state index in [0.29, 0.717) is 16.1 Å². The fraction of sp³-hybridized carbons (Fsp3) is 0.0556. The van der Waals surface area contributed by atoms with Crippen molar-refractivity contribution in [3.8, 4) is 6.07 Å². The zero-order valence-corrected chi connectivity index (χ0v) is 12.9. The fourth-order valence-electron chi connectivity index (χ4n) is 2.26. The van der Waals surface area contributed by atoms with E-state index in [0.717, 1.165) is 15.8 Å². The Morgan fingerprint density at radius 2 is 2.09 bits per heavy atom. The number of carboxylic acids is 1. The molecule has 4 nitrogen and oxygen atoms in total. The molecule has 0 radical (unpaired) electrons. The van der Waals surface area contributed by atoms with Gasteiger partial charge in [0.25, 0.3) is 0 Å². The number of aromatic nitrogens is 1. The monoisotopic (exact) mass is 320 g/mol. The number of aliphatic carboxylic acids is 1. The van der Waals surface area contributed by atoms with Crippen molar-refractivity contribution in [3.63, 3.8) is 0 Å². The van der Waals surface area contributed by atoms with Crippen LogP contribution in [0, 0.1) is 11.3 Å². The van der Waals surface area contributed by atoms with Crippen LogP contribution in [0.4, 0.5) is 0 Å². The highest BCUT2D eigenvalue weighted by Gasteiger charge is 2.12. The maximum atomic E-state index is 11.2. The molecule has 3 rings (SSSR count). The minimum atomic E-state index is -0.910. The van der Waals surface area contributed by atoms with E-state index in [4.69, 9.17) is 5.26 Å². The molecular weight excluding hydrogens is 308 g/mol. The Hall–Kier alpha value is -2.97. The highest BCUT2D eigenvalue weighted by Crippen LogP contribution is 2.30. The average molecular weight is 320 g/mol. The van der Waals surface area contributed by atoms with Crippen LogP contribution in [-0.2, 0) is 4.79 Å². The summed E-state index contributed by atoms with van der Waals surface area (Å²) in [6.45, 7) is 0. The summed E-state index contributed by atoms with van der Waals surface area (Å²) in [6.07, 6.45) is 1.67. The van der Waals surface area contributed by atoms with Crippen molar-refractivity contribution in [2.24, 2.45) is 0 Å².